The summed E-state index contributed by atoms with van der Waals surface area (Å²) in [4.78, 5) is 0. The zero-order valence-electron chi connectivity index (χ0n) is 30.2. The molecule has 1 aromatic heterocycles. The van der Waals surface area contributed by atoms with E-state index in [1.54, 1.807) is 0 Å². The maximum absolute atomic E-state index is 7.04. The van der Waals surface area contributed by atoms with Crippen LogP contribution in [0, 0.1) is 0 Å². The largest absolute Gasteiger partial charge is 0.453 e. The maximum Gasteiger partial charge on any atom is 0.158 e. The fourth-order valence-corrected chi connectivity index (χ4v) is 9.66. The molecule has 0 saturated heterocycles. The minimum absolute atomic E-state index is 0.0263. The van der Waals surface area contributed by atoms with Gasteiger partial charge in [0.1, 0.15) is 5.58 Å². The van der Waals surface area contributed by atoms with Gasteiger partial charge in [-0.05, 0) is 85.5 Å². The third kappa shape index (κ3) is 4.22. The Morgan fingerprint density at radius 2 is 1.04 bits per heavy atom. The van der Waals surface area contributed by atoms with Gasteiger partial charge >= 0.3 is 0 Å². The van der Waals surface area contributed by atoms with E-state index in [4.69, 9.17) is 4.42 Å². The minimum Gasteiger partial charge on any atom is -0.453 e. The Balaban J connectivity index is 1.00. The molecule has 1 heterocycles. The van der Waals surface area contributed by atoms with Crippen molar-refractivity contribution in [3.8, 4) is 33.4 Å². The van der Waals surface area contributed by atoms with Crippen LogP contribution in [0.2, 0.25) is 0 Å². The fraction of sp³-hybridized carbons (Fsp3) is 0.0769. The van der Waals surface area contributed by atoms with E-state index in [1.165, 1.54) is 66.8 Å². The topological polar surface area (TPSA) is 25.2 Å². The highest BCUT2D eigenvalue weighted by molar-refractivity contribution is 6.15. The van der Waals surface area contributed by atoms with E-state index in [0.29, 0.717) is 0 Å². The Morgan fingerprint density at radius 1 is 0.426 bits per heavy atom. The van der Waals surface area contributed by atoms with Crippen LogP contribution in [0.1, 0.15) is 47.2 Å². The average Bonchev–Trinajstić information content (AvgIpc) is 3.83. The molecular weight excluding hydrogens is 655 g/mol. The smallest absolute Gasteiger partial charge is 0.158 e. The average molecular weight is 692 g/mol. The van der Waals surface area contributed by atoms with Gasteiger partial charge in [0.25, 0.3) is 0 Å². The Bertz CT molecular complexity index is 2880. The van der Waals surface area contributed by atoms with Crippen LogP contribution in [-0.2, 0) is 10.8 Å². The highest BCUT2D eigenvalue weighted by Crippen LogP contribution is 2.58. The van der Waals surface area contributed by atoms with Gasteiger partial charge in [-0.2, -0.15) is 0 Å². The van der Waals surface area contributed by atoms with Crippen LogP contribution in [0.3, 0.4) is 0 Å². The Kier molecular flexibility index (Phi) is 6.55. The van der Waals surface area contributed by atoms with Crippen molar-refractivity contribution in [1.29, 1.82) is 0 Å². The van der Waals surface area contributed by atoms with E-state index in [-0.39, 0.29) is 5.41 Å². The first-order valence-electron chi connectivity index (χ1n) is 18.8. The Labute approximate surface area is 315 Å². The second-order valence-electron chi connectivity index (χ2n) is 15.3. The molecule has 2 nitrogen and oxygen atoms in total. The van der Waals surface area contributed by atoms with Crippen LogP contribution >= 0.6 is 0 Å². The molecule has 0 radical (unpaired) electrons. The molecule has 0 fully saturated rings. The Hall–Kier alpha value is -6.64. The van der Waals surface area contributed by atoms with Crippen molar-refractivity contribution in [3.63, 3.8) is 0 Å². The standard InChI is InChI=1S/C52H37NO/c1-51(2)43-21-11-9-18-38(43)39-29-26-34(32-46(39)51)33-24-27-37(28-25-33)53-47-23-13-20-40-41-30-31-45-48(50(41)54-49(40)47)42-19-10-12-22-44(42)52(45,35-14-5-3-6-15-35)36-16-7-4-8-17-36/h3-32,53H,1-2H3. The number of anilines is 2. The molecule has 0 aliphatic heterocycles. The molecule has 1 N–H and O–H groups in total. The summed E-state index contributed by atoms with van der Waals surface area (Å²) in [5.74, 6) is 0. The highest BCUT2D eigenvalue weighted by Gasteiger charge is 2.47. The zero-order chi connectivity index (χ0) is 36.0. The van der Waals surface area contributed by atoms with E-state index in [2.05, 4.69) is 201 Å². The molecule has 2 aliphatic rings. The second-order valence-corrected chi connectivity index (χ2v) is 15.3. The lowest BCUT2D eigenvalue weighted by Crippen LogP contribution is -2.28. The number of fused-ring (bicyclic) bond motifs is 10. The molecule has 256 valence electrons. The van der Waals surface area contributed by atoms with Gasteiger partial charge in [0, 0.05) is 27.4 Å². The fourth-order valence-electron chi connectivity index (χ4n) is 9.66. The molecule has 2 heteroatoms. The van der Waals surface area contributed by atoms with Crippen LogP contribution < -0.4 is 5.32 Å². The van der Waals surface area contributed by atoms with E-state index in [0.717, 1.165) is 33.3 Å². The lowest BCUT2D eigenvalue weighted by molar-refractivity contribution is 0.660. The first kappa shape index (κ1) is 30.9. The molecule has 0 amide bonds. The maximum atomic E-state index is 7.04. The van der Waals surface area contributed by atoms with Crippen molar-refractivity contribution in [2.75, 3.05) is 5.32 Å². The molecule has 2 aliphatic carbocycles. The molecule has 0 atom stereocenters. The SMILES string of the molecule is CC1(C)c2ccccc2-c2ccc(-c3ccc(Nc4cccc5c4oc4c6c(ccc45)C(c4ccccc4)(c4ccccc4)c4ccccc4-6)cc3)cc21. The summed E-state index contributed by atoms with van der Waals surface area (Å²) in [7, 11) is 0. The molecular formula is C52H37NO. The lowest BCUT2D eigenvalue weighted by Gasteiger charge is -2.33. The summed E-state index contributed by atoms with van der Waals surface area (Å²) >= 11 is 0. The second kappa shape index (κ2) is 11.4. The minimum atomic E-state index is -0.469. The van der Waals surface area contributed by atoms with Gasteiger partial charge in [-0.1, -0.05) is 172 Å². The number of hydrogen-bond acceptors (Lipinski definition) is 2. The van der Waals surface area contributed by atoms with Gasteiger partial charge in [-0.3, -0.25) is 0 Å². The third-order valence-corrected chi connectivity index (χ3v) is 12.2. The van der Waals surface area contributed by atoms with Crippen LogP contribution in [0.5, 0.6) is 0 Å². The van der Waals surface area contributed by atoms with Gasteiger partial charge in [0.15, 0.2) is 5.58 Å². The van der Waals surface area contributed by atoms with Gasteiger partial charge in [0.2, 0.25) is 0 Å². The van der Waals surface area contributed by atoms with E-state index >= 15 is 0 Å². The molecule has 0 unspecified atom stereocenters. The van der Waals surface area contributed by atoms with Crippen LogP contribution in [0.4, 0.5) is 11.4 Å². The summed E-state index contributed by atoms with van der Waals surface area (Å²) < 4.78 is 7.04. The third-order valence-electron chi connectivity index (χ3n) is 12.2. The van der Waals surface area contributed by atoms with E-state index < -0.39 is 5.41 Å². The molecule has 11 rings (SSSR count). The van der Waals surface area contributed by atoms with Crippen molar-refractivity contribution in [2.24, 2.45) is 0 Å². The first-order valence-corrected chi connectivity index (χ1v) is 18.8. The summed E-state index contributed by atoms with van der Waals surface area (Å²) in [6.07, 6.45) is 0. The highest BCUT2D eigenvalue weighted by atomic mass is 16.3. The summed E-state index contributed by atoms with van der Waals surface area (Å²) in [6.45, 7) is 4.67. The number of nitrogens with one attached hydrogen (secondary N) is 1. The molecule has 0 saturated carbocycles. The quantitative estimate of drug-likeness (QED) is 0.194. The van der Waals surface area contributed by atoms with Crippen molar-refractivity contribution in [1.82, 2.24) is 0 Å². The van der Waals surface area contributed by atoms with E-state index in [9.17, 15) is 0 Å². The number of furan rings is 1. The van der Waals surface area contributed by atoms with Crippen molar-refractivity contribution < 1.29 is 4.42 Å². The molecule has 9 aromatic rings. The Morgan fingerprint density at radius 3 is 1.78 bits per heavy atom. The van der Waals surface area contributed by atoms with Crippen LogP contribution in [0.25, 0.3) is 55.3 Å². The predicted octanol–water partition coefficient (Wildman–Crippen LogP) is 13.7. The summed E-state index contributed by atoms with van der Waals surface area (Å²) in [5.41, 5.74) is 18.6. The van der Waals surface area contributed by atoms with Gasteiger partial charge < -0.3 is 9.73 Å². The summed E-state index contributed by atoms with van der Waals surface area (Å²) in [6, 6.07) is 66.3. The van der Waals surface area contributed by atoms with Crippen molar-refractivity contribution in [3.05, 3.63) is 215 Å². The zero-order valence-corrected chi connectivity index (χ0v) is 30.2. The monoisotopic (exact) mass is 691 g/mol. The lowest BCUT2D eigenvalue weighted by atomic mass is 9.68. The normalized spacial score (nSPS) is 14.4. The van der Waals surface area contributed by atoms with Crippen molar-refractivity contribution >= 4 is 33.3 Å². The number of benzene rings is 8. The molecule has 8 aromatic carbocycles. The van der Waals surface area contributed by atoms with E-state index in [1.807, 2.05) is 0 Å². The number of para-hydroxylation sites is 1. The molecule has 0 spiro atoms. The predicted molar refractivity (Wildman–Crippen MR) is 224 cm³/mol. The van der Waals surface area contributed by atoms with Gasteiger partial charge in [-0.15, -0.1) is 0 Å². The number of hydrogen-bond donors (Lipinski definition) is 1. The van der Waals surface area contributed by atoms with Crippen LogP contribution in [0.15, 0.2) is 186 Å². The van der Waals surface area contributed by atoms with Gasteiger partial charge in [-0.25, -0.2) is 0 Å². The first-order chi connectivity index (χ1) is 26.5. The van der Waals surface area contributed by atoms with Crippen molar-refractivity contribution in [2.45, 2.75) is 24.7 Å². The molecule has 0 bridgehead atoms. The molecule has 54 heavy (non-hydrogen) atoms. The van der Waals surface area contributed by atoms with Gasteiger partial charge in [0.05, 0.1) is 11.1 Å². The van der Waals surface area contributed by atoms with Crippen LogP contribution in [-0.4, -0.2) is 0 Å². The number of rotatable bonds is 5. The summed E-state index contributed by atoms with van der Waals surface area (Å²) in [5, 5.41) is 5.94.